The van der Waals surface area contributed by atoms with Gasteiger partial charge in [0.05, 0.1) is 37.0 Å². The van der Waals surface area contributed by atoms with Crippen LogP contribution in [0.5, 0.6) is 5.75 Å². The van der Waals surface area contributed by atoms with Crippen molar-refractivity contribution in [2.45, 2.75) is 12.8 Å². The van der Waals surface area contributed by atoms with E-state index in [0.717, 1.165) is 76.7 Å². The molecule has 35 heavy (non-hydrogen) atoms. The van der Waals surface area contributed by atoms with E-state index in [1.54, 1.807) is 18.4 Å². The molecular formula is C27H30ClN3O3S. The first kappa shape index (κ1) is 25.4. The summed E-state index contributed by atoms with van der Waals surface area (Å²) in [5.41, 5.74) is 1.93. The number of aromatic nitrogens is 1. The van der Waals surface area contributed by atoms with Gasteiger partial charge in [-0.2, -0.15) is 0 Å². The first-order chi connectivity index (χ1) is 16.7. The monoisotopic (exact) mass is 511 g/mol. The Morgan fingerprint density at radius 3 is 2.74 bits per heavy atom. The van der Waals surface area contributed by atoms with Crippen molar-refractivity contribution >= 4 is 55.8 Å². The number of hydrogen-bond acceptors (Lipinski definition) is 6. The number of nitrogens with zero attached hydrogens (tertiary/aromatic N) is 3. The summed E-state index contributed by atoms with van der Waals surface area (Å²) in [7, 11) is 1.66. The summed E-state index contributed by atoms with van der Waals surface area (Å²) >= 11 is 1.54. The number of thiazole rings is 1. The number of benzene rings is 3. The molecule has 0 saturated carbocycles. The first-order valence-corrected chi connectivity index (χ1v) is 12.5. The van der Waals surface area contributed by atoms with Gasteiger partial charge in [-0.25, -0.2) is 4.98 Å². The Kier molecular flexibility index (Phi) is 8.57. The minimum Gasteiger partial charge on any atom is -0.497 e. The molecule has 1 amide bonds. The van der Waals surface area contributed by atoms with E-state index in [1.807, 2.05) is 41.3 Å². The second-order valence-electron chi connectivity index (χ2n) is 8.50. The van der Waals surface area contributed by atoms with E-state index in [0.29, 0.717) is 13.0 Å². The molecule has 1 aliphatic rings. The lowest BCUT2D eigenvalue weighted by Crippen LogP contribution is -2.39. The number of morpholine rings is 1. The summed E-state index contributed by atoms with van der Waals surface area (Å²) < 4.78 is 11.9. The lowest BCUT2D eigenvalue weighted by molar-refractivity contribution is -0.118. The molecule has 1 aromatic heterocycles. The van der Waals surface area contributed by atoms with Gasteiger partial charge in [0, 0.05) is 26.2 Å². The highest BCUT2D eigenvalue weighted by Crippen LogP contribution is 2.32. The second kappa shape index (κ2) is 11.8. The molecule has 0 bridgehead atoms. The van der Waals surface area contributed by atoms with E-state index in [2.05, 4.69) is 29.2 Å². The van der Waals surface area contributed by atoms with E-state index in [1.165, 1.54) is 0 Å². The average Bonchev–Trinajstić information content (AvgIpc) is 3.30. The minimum absolute atomic E-state index is 0. The Morgan fingerprint density at radius 1 is 1.11 bits per heavy atom. The maximum Gasteiger partial charge on any atom is 0.233 e. The molecule has 6 nitrogen and oxygen atoms in total. The number of fused-ring (bicyclic) bond motifs is 2. The fourth-order valence-electron chi connectivity index (χ4n) is 4.44. The van der Waals surface area contributed by atoms with Crippen LogP contribution in [-0.4, -0.2) is 62.3 Å². The van der Waals surface area contributed by atoms with E-state index in [-0.39, 0.29) is 18.3 Å². The number of hydrogen-bond donors (Lipinski definition) is 0. The number of methoxy groups -OCH3 is 1. The predicted molar refractivity (Wildman–Crippen MR) is 145 cm³/mol. The fourth-order valence-corrected chi connectivity index (χ4v) is 5.48. The van der Waals surface area contributed by atoms with E-state index >= 15 is 0 Å². The molecule has 0 spiro atoms. The van der Waals surface area contributed by atoms with Crippen molar-refractivity contribution in [2.24, 2.45) is 0 Å². The van der Waals surface area contributed by atoms with Crippen molar-refractivity contribution in [1.82, 2.24) is 9.88 Å². The number of amides is 1. The minimum atomic E-state index is 0. The molecule has 1 aliphatic heterocycles. The normalized spacial score (nSPS) is 14.1. The molecule has 3 aromatic carbocycles. The molecule has 8 heteroatoms. The van der Waals surface area contributed by atoms with Crippen LogP contribution in [-0.2, 0) is 16.0 Å². The van der Waals surface area contributed by atoms with Crippen molar-refractivity contribution < 1.29 is 14.3 Å². The molecule has 1 saturated heterocycles. The molecule has 0 aliphatic carbocycles. The molecule has 0 N–H and O–H groups in total. The van der Waals surface area contributed by atoms with Gasteiger partial charge < -0.3 is 9.47 Å². The lowest BCUT2D eigenvalue weighted by Gasteiger charge is -2.27. The maximum atomic E-state index is 13.7. The van der Waals surface area contributed by atoms with Gasteiger partial charge in [-0.3, -0.25) is 14.6 Å². The van der Waals surface area contributed by atoms with Gasteiger partial charge >= 0.3 is 0 Å². The van der Waals surface area contributed by atoms with Crippen LogP contribution >= 0.6 is 23.7 Å². The van der Waals surface area contributed by atoms with E-state index in [4.69, 9.17) is 14.5 Å². The summed E-state index contributed by atoms with van der Waals surface area (Å²) in [5, 5.41) is 3.02. The molecule has 2 heterocycles. The molecule has 4 aromatic rings. The van der Waals surface area contributed by atoms with Crippen LogP contribution in [0.25, 0.3) is 21.0 Å². The SMILES string of the molecule is COc1ccc2nc(N(CCCN3CCOCC3)C(=O)Cc3cccc4ccccc34)sc2c1.Cl. The van der Waals surface area contributed by atoms with Crippen molar-refractivity contribution in [1.29, 1.82) is 0 Å². The smallest absolute Gasteiger partial charge is 0.233 e. The van der Waals surface area contributed by atoms with Gasteiger partial charge in [0.25, 0.3) is 0 Å². The Hall–Kier alpha value is -2.71. The quantitative estimate of drug-likeness (QED) is 0.326. The third kappa shape index (κ3) is 5.93. The van der Waals surface area contributed by atoms with Gasteiger partial charge in [0.15, 0.2) is 5.13 Å². The van der Waals surface area contributed by atoms with Crippen LogP contribution in [0.2, 0.25) is 0 Å². The van der Waals surface area contributed by atoms with E-state index in [9.17, 15) is 4.79 Å². The number of carbonyl (C=O) groups excluding carboxylic acids is 1. The fraction of sp³-hybridized carbons (Fsp3) is 0.333. The first-order valence-electron chi connectivity index (χ1n) is 11.7. The molecule has 0 unspecified atom stereocenters. The third-order valence-electron chi connectivity index (χ3n) is 6.30. The third-order valence-corrected chi connectivity index (χ3v) is 7.34. The van der Waals surface area contributed by atoms with Crippen LogP contribution < -0.4 is 9.64 Å². The summed E-state index contributed by atoms with van der Waals surface area (Å²) in [6.45, 7) is 5.04. The molecule has 0 radical (unpaired) electrons. The number of carbonyl (C=O) groups is 1. The Labute approximate surface area is 215 Å². The topological polar surface area (TPSA) is 54.9 Å². The van der Waals surface area contributed by atoms with Crippen molar-refractivity contribution in [2.75, 3.05) is 51.4 Å². The molecular weight excluding hydrogens is 482 g/mol. The average molecular weight is 512 g/mol. The number of rotatable bonds is 8. The van der Waals surface area contributed by atoms with Crippen LogP contribution in [0, 0.1) is 0 Å². The summed E-state index contributed by atoms with van der Waals surface area (Å²) in [4.78, 5) is 22.8. The highest BCUT2D eigenvalue weighted by Gasteiger charge is 2.21. The number of halogens is 1. The Bertz CT molecular complexity index is 1280. The molecule has 0 atom stereocenters. The van der Waals surface area contributed by atoms with Crippen molar-refractivity contribution in [3.63, 3.8) is 0 Å². The van der Waals surface area contributed by atoms with Gasteiger partial charge in [-0.15, -0.1) is 12.4 Å². The zero-order chi connectivity index (χ0) is 23.3. The van der Waals surface area contributed by atoms with Gasteiger partial charge in [0.1, 0.15) is 5.75 Å². The lowest BCUT2D eigenvalue weighted by atomic mass is 10.0. The van der Waals surface area contributed by atoms with Crippen LogP contribution in [0.1, 0.15) is 12.0 Å². The van der Waals surface area contributed by atoms with Crippen LogP contribution in [0.3, 0.4) is 0 Å². The Balaban J connectivity index is 0.00000289. The maximum absolute atomic E-state index is 13.7. The molecule has 5 rings (SSSR count). The van der Waals surface area contributed by atoms with Crippen LogP contribution in [0.4, 0.5) is 5.13 Å². The molecule has 184 valence electrons. The summed E-state index contributed by atoms with van der Waals surface area (Å²) in [6, 6.07) is 20.2. The zero-order valence-electron chi connectivity index (χ0n) is 19.8. The zero-order valence-corrected chi connectivity index (χ0v) is 21.4. The summed E-state index contributed by atoms with van der Waals surface area (Å²) in [5.74, 6) is 0.869. The van der Waals surface area contributed by atoms with Gasteiger partial charge in [-0.1, -0.05) is 53.8 Å². The van der Waals surface area contributed by atoms with Gasteiger partial charge in [-0.05, 0) is 41.0 Å². The second-order valence-corrected chi connectivity index (χ2v) is 9.51. The number of anilines is 1. The standard InChI is InChI=1S/C27H29N3O3S.ClH/c1-32-22-10-11-24-25(19-22)34-27(28-24)30(13-5-12-29-14-16-33-17-15-29)26(31)18-21-8-4-7-20-6-2-3-9-23(20)21;/h2-4,6-11,19H,5,12-18H2,1H3;1H. The molecule has 1 fully saturated rings. The van der Waals surface area contributed by atoms with E-state index < -0.39 is 0 Å². The summed E-state index contributed by atoms with van der Waals surface area (Å²) in [6.07, 6.45) is 1.23. The predicted octanol–water partition coefficient (Wildman–Crippen LogP) is 5.18. The van der Waals surface area contributed by atoms with Crippen molar-refractivity contribution in [3.05, 3.63) is 66.2 Å². The number of ether oxygens (including phenoxy) is 2. The highest BCUT2D eigenvalue weighted by atomic mass is 35.5. The Morgan fingerprint density at radius 2 is 1.91 bits per heavy atom. The largest absolute Gasteiger partial charge is 0.497 e. The van der Waals surface area contributed by atoms with Crippen LogP contribution in [0.15, 0.2) is 60.7 Å². The highest BCUT2D eigenvalue weighted by molar-refractivity contribution is 7.22. The van der Waals surface area contributed by atoms with Gasteiger partial charge in [0.2, 0.25) is 5.91 Å². The van der Waals surface area contributed by atoms with Crippen molar-refractivity contribution in [3.8, 4) is 5.75 Å².